The second-order valence-corrected chi connectivity index (χ2v) is 6.41. The molecule has 1 unspecified atom stereocenters. The molecule has 0 bridgehead atoms. The van der Waals surface area contributed by atoms with E-state index < -0.39 is 5.97 Å². The molecule has 1 atom stereocenters. The number of benzene rings is 1. The molecule has 3 rings (SSSR count). The minimum atomic E-state index is -0.438. The lowest BCUT2D eigenvalue weighted by molar-refractivity contribution is 0.0600. The van der Waals surface area contributed by atoms with E-state index in [1.165, 1.54) is 24.8 Å². The molecule has 5 nitrogen and oxygen atoms in total. The van der Waals surface area contributed by atoms with Crippen molar-refractivity contribution in [3.63, 3.8) is 0 Å². The second kappa shape index (κ2) is 7.13. The summed E-state index contributed by atoms with van der Waals surface area (Å²) in [6.45, 7) is 2.38. The SMILES string of the molecule is COC(=O)c1ccc(F)c(CN2CCC(Cc3cnn(C)c3)C2)c1. The van der Waals surface area contributed by atoms with Gasteiger partial charge in [-0.3, -0.25) is 9.58 Å². The molecule has 0 saturated carbocycles. The number of aromatic nitrogens is 2. The van der Waals surface area contributed by atoms with Gasteiger partial charge < -0.3 is 4.74 Å². The Bertz CT molecular complexity index is 729. The first-order valence-corrected chi connectivity index (χ1v) is 8.12. The minimum absolute atomic E-state index is 0.279. The van der Waals surface area contributed by atoms with E-state index in [9.17, 15) is 9.18 Å². The molecule has 1 saturated heterocycles. The number of likely N-dealkylation sites (tertiary alicyclic amines) is 1. The van der Waals surface area contributed by atoms with Gasteiger partial charge in [-0.15, -0.1) is 0 Å². The second-order valence-electron chi connectivity index (χ2n) is 6.41. The highest BCUT2D eigenvalue weighted by Crippen LogP contribution is 2.23. The molecule has 0 amide bonds. The quantitative estimate of drug-likeness (QED) is 0.790. The number of methoxy groups -OCH3 is 1. The number of carbonyl (C=O) groups is 1. The molecule has 24 heavy (non-hydrogen) atoms. The monoisotopic (exact) mass is 331 g/mol. The van der Waals surface area contributed by atoms with Crippen molar-refractivity contribution < 1.29 is 13.9 Å². The summed E-state index contributed by atoms with van der Waals surface area (Å²) in [5.41, 5.74) is 2.17. The van der Waals surface area contributed by atoms with Gasteiger partial charge in [0.25, 0.3) is 0 Å². The van der Waals surface area contributed by atoms with Gasteiger partial charge in [-0.2, -0.15) is 5.10 Å². The Labute approximate surface area is 141 Å². The number of ether oxygens (including phenoxy) is 1. The predicted octanol–water partition coefficient (Wildman–Crippen LogP) is 2.41. The van der Waals surface area contributed by atoms with E-state index >= 15 is 0 Å². The molecule has 2 aromatic rings. The van der Waals surface area contributed by atoms with Crippen LogP contribution in [-0.4, -0.2) is 40.8 Å². The van der Waals surface area contributed by atoms with Gasteiger partial charge in [-0.05, 0) is 49.1 Å². The largest absolute Gasteiger partial charge is 0.465 e. The Morgan fingerprint density at radius 3 is 3.00 bits per heavy atom. The van der Waals surface area contributed by atoms with Crippen LogP contribution in [0.2, 0.25) is 0 Å². The molecule has 1 aliphatic heterocycles. The smallest absolute Gasteiger partial charge is 0.337 e. The summed E-state index contributed by atoms with van der Waals surface area (Å²) >= 11 is 0. The number of aryl methyl sites for hydroxylation is 1. The van der Waals surface area contributed by atoms with E-state index in [0.717, 1.165) is 25.9 Å². The molecule has 2 heterocycles. The van der Waals surface area contributed by atoms with E-state index in [2.05, 4.69) is 10.00 Å². The summed E-state index contributed by atoms with van der Waals surface area (Å²) in [6.07, 6.45) is 6.03. The van der Waals surface area contributed by atoms with E-state index in [1.54, 1.807) is 6.07 Å². The van der Waals surface area contributed by atoms with Crippen molar-refractivity contribution in [2.45, 2.75) is 19.4 Å². The van der Waals surface area contributed by atoms with Crippen molar-refractivity contribution in [2.24, 2.45) is 13.0 Å². The lowest BCUT2D eigenvalue weighted by Crippen LogP contribution is -2.21. The molecule has 0 aliphatic carbocycles. The number of carbonyl (C=O) groups excluding carboxylic acids is 1. The number of hydrogen-bond acceptors (Lipinski definition) is 4. The van der Waals surface area contributed by atoms with Crippen molar-refractivity contribution in [2.75, 3.05) is 20.2 Å². The molecule has 0 spiro atoms. The summed E-state index contributed by atoms with van der Waals surface area (Å²) < 4.78 is 20.6. The Kier molecular flexibility index (Phi) is 4.94. The summed E-state index contributed by atoms with van der Waals surface area (Å²) in [5, 5.41) is 4.20. The van der Waals surface area contributed by atoms with Crippen LogP contribution in [0.3, 0.4) is 0 Å². The maximum atomic E-state index is 14.0. The molecule has 128 valence electrons. The number of rotatable bonds is 5. The summed E-state index contributed by atoms with van der Waals surface area (Å²) in [5.74, 6) is -0.161. The third kappa shape index (κ3) is 3.82. The van der Waals surface area contributed by atoms with Gasteiger partial charge in [0, 0.05) is 31.9 Å². The van der Waals surface area contributed by atoms with Crippen LogP contribution >= 0.6 is 0 Å². The highest BCUT2D eigenvalue weighted by molar-refractivity contribution is 5.89. The van der Waals surface area contributed by atoms with Gasteiger partial charge in [-0.1, -0.05) is 0 Å². The zero-order valence-electron chi connectivity index (χ0n) is 14.0. The molecular weight excluding hydrogens is 309 g/mol. The van der Waals surface area contributed by atoms with E-state index in [0.29, 0.717) is 23.6 Å². The third-order valence-corrected chi connectivity index (χ3v) is 4.51. The third-order valence-electron chi connectivity index (χ3n) is 4.51. The molecule has 6 heteroatoms. The summed E-state index contributed by atoms with van der Waals surface area (Å²) in [6, 6.07) is 4.39. The standard InChI is InChI=1S/C18H22FN3O2/c1-21-10-14(9-20-21)7-13-5-6-22(11-13)12-16-8-15(18(23)24-2)3-4-17(16)19/h3-4,8-10,13H,5-7,11-12H2,1-2H3. The zero-order chi connectivity index (χ0) is 17.1. The minimum Gasteiger partial charge on any atom is -0.465 e. The highest BCUT2D eigenvalue weighted by Gasteiger charge is 2.24. The van der Waals surface area contributed by atoms with E-state index in [4.69, 9.17) is 4.74 Å². The fourth-order valence-electron chi connectivity index (χ4n) is 3.32. The Balaban J connectivity index is 1.62. The Morgan fingerprint density at radius 1 is 1.46 bits per heavy atom. The van der Waals surface area contributed by atoms with E-state index in [-0.39, 0.29) is 5.82 Å². The lowest BCUT2D eigenvalue weighted by atomic mass is 10.0. The predicted molar refractivity (Wildman–Crippen MR) is 88.0 cm³/mol. The van der Waals surface area contributed by atoms with Crippen molar-refractivity contribution in [3.8, 4) is 0 Å². The van der Waals surface area contributed by atoms with Gasteiger partial charge in [-0.25, -0.2) is 9.18 Å². The van der Waals surface area contributed by atoms with Gasteiger partial charge in [0.05, 0.1) is 18.9 Å². The van der Waals surface area contributed by atoms with Crippen LogP contribution in [0.5, 0.6) is 0 Å². The first kappa shape index (κ1) is 16.6. The number of nitrogens with zero attached hydrogens (tertiary/aromatic N) is 3. The van der Waals surface area contributed by atoms with Crippen molar-refractivity contribution in [3.05, 3.63) is 53.1 Å². The molecule has 1 aromatic carbocycles. The first-order chi connectivity index (χ1) is 11.5. The molecule has 1 aliphatic rings. The normalized spacial score (nSPS) is 18.0. The van der Waals surface area contributed by atoms with E-state index in [1.807, 2.05) is 24.1 Å². The van der Waals surface area contributed by atoms with Gasteiger partial charge >= 0.3 is 5.97 Å². The first-order valence-electron chi connectivity index (χ1n) is 8.12. The fraction of sp³-hybridized carbons (Fsp3) is 0.444. The maximum Gasteiger partial charge on any atom is 0.337 e. The lowest BCUT2D eigenvalue weighted by Gasteiger charge is -2.17. The van der Waals surface area contributed by atoms with Crippen LogP contribution in [0.25, 0.3) is 0 Å². The van der Waals surface area contributed by atoms with Gasteiger partial charge in [0.1, 0.15) is 5.82 Å². The fourth-order valence-corrected chi connectivity index (χ4v) is 3.32. The van der Waals surface area contributed by atoms with Crippen molar-refractivity contribution >= 4 is 5.97 Å². The molecule has 0 radical (unpaired) electrons. The van der Waals surface area contributed by atoms with Crippen LogP contribution in [0.1, 0.15) is 27.9 Å². The van der Waals surface area contributed by atoms with Crippen LogP contribution < -0.4 is 0 Å². The average molecular weight is 331 g/mol. The molecular formula is C18H22FN3O2. The number of esters is 1. The average Bonchev–Trinajstić information content (AvgIpc) is 3.18. The Morgan fingerprint density at radius 2 is 2.29 bits per heavy atom. The van der Waals surface area contributed by atoms with Crippen LogP contribution in [0, 0.1) is 11.7 Å². The zero-order valence-corrected chi connectivity index (χ0v) is 14.0. The number of halogens is 1. The highest BCUT2D eigenvalue weighted by atomic mass is 19.1. The van der Waals surface area contributed by atoms with Crippen molar-refractivity contribution in [1.82, 2.24) is 14.7 Å². The molecule has 1 aromatic heterocycles. The topological polar surface area (TPSA) is 47.4 Å². The van der Waals surface area contributed by atoms with Crippen LogP contribution in [0.4, 0.5) is 4.39 Å². The maximum absolute atomic E-state index is 14.0. The van der Waals surface area contributed by atoms with Crippen LogP contribution in [-0.2, 0) is 24.8 Å². The van der Waals surface area contributed by atoms with Crippen molar-refractivity contribution in [1.29, 1.82) is 0 Å². The van der Waals surface area contributed by atoms with Crippen LogP contribution in [0.15, 0.2) is 30.6 Å². The number of hydrogen-bond donors (Lipinski definition) is 0. The Hall–Kier alpha value is -2.21. The van der Waals surface area contributed by atoms with Gasteiger partial charge in [0.2, 0.25) is 0 Å². The summed E-state index contributed by atoms with van der Waals surface area (Å²) in [7, 11) is 3.25. The molecule has 0 N–H and O–H groups in total. The van der Waals surface area contributed by atoms with Gasteiger partial charge in [0.15, 0.2) is 0 Å². The molecule has 1 fully saturated rings. The summed E-state index contributed by atoms with van der Waals surface area (Å²) in [4.78, 5) is 13.8.